The van der Waals surface area contributed by atoms with Gasteiger partial charge in [-0.05, 0) is 32.9 Å². The minimum atomic E-state index is -0.230. The van der Waals surface area contributed by atoms with Crippen LogP contribution in [-0.4, -0.2) is 56.7 Å². The maximum Gasteiger partial charge on any atom is 0.311 e. The Morgan fingerprint density at radius 3 is 2.80 bits per heavy atom. The van der Waals surface area contributed by atoms with Crippen molar-refractivity contribution in [3.05, 3.63) is 11.1 Å². The zero-order chi connectivity index (χ0) is 14.5. The smallest absolute Gasteiger partial charge is 0.311 e. The standard InChI is InChI=1S/C14H23N3O2S/c1-16(2)9-11-4-6-17(7-5-11)14-15-12(10-20-14)8-13(18)19-3/h10-11H,4-9H2,1-3H3. The third kappa shape index (κ3) is 4.18. The third-order valence-electron chi connectivity index (χ3n) is 3.60. The molecule has 6 heteroatoms. The average molecular weight is 297 g/mol. The summed E-state index contributed by atoms with van der Waals surface area (Å²) in [6.45, 7) is 3.28. The van der Waals surface area contributed by atoms with Gasteiger partial charge in [0.15, 0.2) is 5.13 Å². The lowest BCUT2D eigenvalue weighted by molar-refractivity contribution is -0.139. The van der Waals surface area contributed by atoms with E-state index in [1.54, 1.807) is 11.3 Å². The van der Waals surface area contributed by atoms with Gasteiger partial charge in [-0.2, -0.15) is 0 Å². The molecule has 1 fully saturated rings. The van der Waals surface area contributed by atoms with E-state index in [-0.39, 0.29) is 12.4 Å². The Kier molecular flexibility index (Phi) is 5.37. The monoisotopic (exact) mass is 297 g/mol. The van der Waals surface area contributed by atoms with Gasteiger partial charge in [0.05, 0.1) is 19.2 Å². The number of carbonyl (C=O) groups is 1. The van der Waals surface area contributed by atoms with Gasteiger partial charge < -0.3 is 14.5 Å². The molecule has 2 heterocycles. The van der Waals surface area contributed by atoms with E-state index in [4.69, 9.17) is 0 Å². The molecule has 1 aliphatic heterocycles. The van der Waals surface area contributed by atoms with Gasteiger partial charge in [0.1, 0.15) is 0 Å². The van der Waals surface area contributed by atoms with E-state index >= 15 is 0 Å². The predicted octanol–water partition coefficient (Wildman–Crippen LogP) is 1.64. The SMILES string of the molecule is COC(=O)Cc1csc(N2CCC(CN(C)C)CC2)n1. The first kappa shape index (κ1) is 15.3. The van der Waals surface area contributed by atoms with Crippen LogP contribution in [0.5, 0.6) is 0 Å². The second kappa shape index (κ2) is 7.04. The van der Waals surface area contributed by atoms with Gasteiger partial charge in [0, 0.05) is 25.0 Å². The van der Waals surface area contributed by atoms with Crippen molar-refractivity contribution in [3.8, 4) is 0 Å². The largest absolute Gasteiger partial charge is 0.469 e. The molecule has 20 heavy (non-hydrogen) atoms. The molecule has 0 N–H and O–H groups in total. The summed E-state index contributed by atoms with van der Waals surface area (Å²) in [5.74, 6) is 0.558. The van der Waals surface area contributed by atoms with Gasteiger partial charge >= 0.3 is 5.97 Å². The van der Waals surface area contributed by atoms with Crippen molar-refractivity contribution in [1.82, 2.24) is 9.88 Å². The number of piperidine rings is 1. The fraction of sp³-hybridized carbons (Fsp3) is 0.714. The number of carbonyl (C=O) groups excluding carboxylic acids is 1. The van der Waals surface area contributed by atoms with Gasteiger partial charge in [-0.15, -0.1) is 11.3 Å². The van der Waals surface area contributed by atoms with Crippen LogP contribution < -0.4 is 4.90 Å². The molecule has 0 spiro atoms. The number of methoxy groups -OCH3 is 1. The van der Waals surface area contributed by atoms with Crippen LogP contribution in [0.4, 0.5) is 5.13 Å². The summed E-state index contributed by atoms with van der Waals surface area (Å²) >= 11 is 1.62. The molecule has 0 aliphatic carbocycles. The van der Waals surface area contributed by atoms with E-state index in [0.29, 0.717) is 0 Å². The fourth-order valence-electron chi connectivity index (χ4n) is 2.57. The second-order valence-corrected chi connectivity index (χ2v) is 6.40. The topological polar surface area (TPSA) is 45.7 Å². The first-order valence-corrected chi connectivity index (χ1v) is 7.87. The maximum atomic E-state index is 11.2. The molecule has 0 unspecified atom stereocenters. The van der Waals surface area contributed by atoms with E-state index in [0.717, 1.165) is 29.8 Å². The summed E-state index contributed by atoms with van der Waals surface area (Å²) in [4.78, 5) is 20.4. The van der Waals surface area contributed by atoms with Crippen molar-refractivity contribution < 1.29 is 9.53 Å². The van der Waals surface area contributed by atoms with E-state index in [9.17, 15) is 4.79 Å². The fourth-order valence-corrected chi connectivity index (χ4v) is 3.45. The first-order valence-electron chi connectivity index (χ1n) is 6.99. The number of rotatable bonds is 5. The lowest BCUT2D eigenvalue weighted by Crippen LogP contribution is -2.37. The predicted molar refractivity (Wildman–Crippen MR) is 81.3 cm³/mol. The Balaban J connectivity index is 1.86. The number of aromatic nitrogens is 1. The van der Waals surface area contributed by atoms with Crippen LogP contribution in [0, 0.1) is 5.92 Å². The summed E-state index contributed by atoms with van der Waals surface area (Å²) in [6.07, 6.45) is 2.69. The highest BCUT2D eigenvalue weighted by Crippen LogP contribution is 2.26. The van der Waals surface area contributed by atoms with Crippen LogP contribution in [0.3, 0.4) is 0 Å². The van der Waals surface area contributed by atoms with Crippen LogP contribution >= 0.6 is 11.3 Å². The molecule has 0 amide bonds. The lowest BCUT2D eigenvalue weighted by Gasteiger charge is -2.33. The maximum absolute atomic E-state index is 11.2. The van der Waals surface area contributed by atoms with Crippen molar-refractivity contribution in [3.63, 3.8) is 0 Å². The molecule has 0 saturated carbocycles. The summed E-state index contributed by atoms with van der Waals surface area (Å²) in [7, 11) is 5.67. The average Bonchev–Trinajstić information content (AvgIpc) is 2.87. The molecule has 1 aromatic rings. The van der Waals surface area contributed by atoms with Crippen LogP contribution in [0.2, 0.25) is 0 Å². The van der Waals surface area contributed by atoms with Crippen molar-refractivity contribution in [2.75, 3.05) is 45.7 Å². The van der Waals surface area contributed by atoms with Crippen molar-refractivity contribution in [2.24, 2.45) is 5.92 Å². The number of anilines is 1. The highest BCUT2D eigenvalue weighted by atomic mass is 32.1. The lowest BCUT2D eigenvalue weighted by atomic mass is 9.97. The molecule has 0 atom stereocenters. The third-order valence-corrected chi connectivity index (χ3v) is 4.55. The Morgan fingerprint density at radius 1 is 1.50 bits per heavy atom. The molecule has 112 valence electrons. The quantitative estimate of drug-likeness (QED) is 0.773. The minimum Gasteiger partial charge on any atom is -0.469 e. The minimum absolute atomic E-state index is 0.230. The Hall–Kier alpha value is -1.14. The molecule has 5 nitrogen and oxygen atoms in total. The van der Waals surface area contributed by atoms with Crippen LogP contribution in [0.25, 0.3) is 0 Å². The Bertz CT molecular complexity index is 439. The summed E-state index contributed by atoms with van der Waals surface area (Å²) < 4.78 is 4.67. The number of ether oxygens (including phenoxy) is 1. The highest BCUT2D eigenvalue weighted by Gasteiger charge is 2.21. The Labute approximate surface area is 124 Å². The first-order chi connectivity index (χ1) is 9.58. The van der Waals surface area contributed by atoms with Crippen LogP contribution in [0.1, 0.15) is 18.5 Å². The molecular formula is C14H23N3O2S. The molecule has 0 aromatic carbocycles. The van der Waals surface area contributed by atoms with Gasteiger partial charge in [0.2, 0.25) is 0 Å². The summed E-state index contributed by atoms with van der Waals surface area (Å²) in [5.41, 5.74) is 0.812. The number of hydrogen-bond donors (Lipinski definition) is 0. The van der Waals surface area contributed by atoms with Crippen LogP contribution in [0.15, 0.2) is 5.38 Å². The summed E-state index contributed by atoms with van der Waals surface area (Å²) in [6, 6.07) is 0. The molecule has 0 radical (unpaired) electrons. The number of thiazole rings is 1. The normalized spacial score (nSPS) is 16.7. The van der Waals surface area contributed by atoms with Crippen molar-refractivity contribution >= 4 is 22.4 Å². The van der Waals surface area contributed by atoms with E-state index in [1.165, 1.54) is 26.5 Å². The molecule has 2 rings (SSSR count). The highest BCUT2D eigenvalue weighted by molar-refractivity contribution is 7.13. The van der Waals surface area contributed by atoms with E-state index in [1.807, 2.05) is 5.38 Å². The van der Waals surface area contributed by atoms with Crippen molar-refractivity contribution in [1.29, 1.82) is 0 Å². The molecule has 0 bridgehead atoms. The molecule has 1 aliphatic rings. The number of hydrogen-bond acceptors (Lipinski definition) is 6. The van der Waals surface area contributed by atoms with E-state index < -0.39 is 0 Å². The molecular weight excluding hydrogens is 274 g/mol. The second-order valence-electron chi connectivity index (χ2n) is 5.57. The number of nitrogens with zero attached hydrogens (tertiary/aromatic N) is 3. The Morgan fingerprint density at radius 2 is 2.20 bits per heavy atom. The molecule has 1 saturated heterocycles. The van der Waals surface area contributed by atoms with Gasteiger partial charge in [-0.1, -0.05) is 0 Å². The zero-order valence-electron chi connectivity index (χ0n) is 12.5. The summed E-state index contributed by atoms with van der Waals surface area (Å²) in [5, 5.41) is 2.99. The zero-order valence-corrected chi connectivity index (χ0v) is 13.3. The van der Waals surface area contributed by atoms with Gasteiger partial charge in [0.25, 0.3) is 0 Å². The molecule has 1 aromatic heterocycles. The number of esters is 1. The van der Waals surface area contributed by atoms with Crippen LogP contribution in [-0.2, 0) is 16.0 Å². The van der Waals surface area contributed by atoms with Crippen molar-refractivity contribution in [2.45, 2.75) is 19.3 Å². The van der Waals surface area contributed by atoms with Gasteiger partial charge in [-0.3, -0.25) is 4.79 Å². The van der Waals surface area contributed by atoms with E-state index in [2.05, 4.69) is 33.6 Å². The van der Waals surface area contributed by atoms with Gasteiger partial charge in [-0.25, -0.2) is 4.98 Å².